The van der Waals surface area contributed by atoms with Gasteiger partial charge in [-0.2, -0.15) is 0 Å². The Balaban J connectivity index is 1.92. The van der Waals surface area contributed by atoms with Gasteiger partial charge in [0.05, 0.1) is 24.9 Å². The number of nitrogens with one attached hydrogen (secondary N) is 1. The Morgan fingerprint density at radius 1 is 1.47 bits per heavy atom. The Morgan fingerprint density at radius 2 is 2.29 bits per heavy atom. The highest BCUT2D eigenvalue weighted by molar-refractivity contribution is 5.84. The summed E-state index contributed by atoms with van der Waals surface area (Å²) in [6.45, 7) is 2.87. The van der Waals surface area contributed by atoms with E-state index in [4.69, 9.17) is 4.74 Å². The van der Waals surface area contributed by atoms with Crippen LogP contribution >= 0.6 is 0 Å². The van der Waals surface area contributed by atoms with Crippen molar-refractivity contribution in [3.8, 4) is 0 Å². The van der Waals surface area contributed by atoms with E-state index in [0.717, 1.165) is 32.1 Å². The van der Waals surface area contributed by atoms with E-state index in [1.54, 1.807) is 7.11 Å². The fraction of sp³-hybridized carbons (Fsp3) is 0.923. The molecule has 0 bridgehead atoms. The lowest BCUT2D eigenvalue weighted by atomic mass is 10.1. The van der Waals surface area contributed by atoms with Crippen LogP contribution in [-0.4, -0.2) is 42.8 Å². The minimum atomic E-state index is 0.0491. The third kappa shape index (κ3) is 2.63. The van der Waals surface area contributed by atoms with Crippen LogP contribution < -0.4 is 5.32 Å². The first kappa shape index (κ1) is 12.8. The van der Waals surface area contributed by atoms with Crippen molar-refractivity contribution in [3.63, 3.8) is 0 Å². The van der Waals surface area contributed by atoms with Gasteiger partial charge < -0.3 is 9.64 Å². The summed E-state index contributed by atoms with van der Waals surface area (Å²) in [7, 11) is 1.76. The number of hydrogen-bond acceptors (Lipinski definition) is 3. The SMILES string of the molecule is CCCCC1NCN(C2CCCC2OC)C1=O. The first-order valence-electron chi connectivity index (χ1n) is 6.84. The van der Waals surface area contributed by atoms with Gasteiger partial charge in [0.15, 0.2) is 0 Å². The molecule has 1 aliphatic heterocycles. The predicted molar refractivity (Wildman–Crippen MR) is 66.6 cm³/mol. The highest BCUT2D eigenvalue weighted by Gasteiger charge is 2.40. The molecule has 1 amide bonds. The van der Waals surface area contributed by atoms with Gasteiger partial charge in [0.1, 0.15) is 0 Å². The van der Waals surface area contributed by atoms with Crippen LogP contribution in [0.15, 0.2) is 0 Å². The second-order valence-electron chi connectivity index (χ2n) is 5.14. The summed E-state index contributed by atoms with van der Waals surface area (Å²) >= 11 is 0. The van der Waals surface area contributed by atoms with Crippen molar-refractivity contribution in [2.45, 2.75) is 63.6 Å². The zero-order valence-electron chi connectivity index (χ0n) is 10.9. The van der Waals surface area contributed by atoms with Crippen molar-refractivity contribution < 1.29 is 9.53 Å². The predicted octanol–water partition coefficient (Wildman–Crippen LogP) is 1.50. The topological polar surface area (TPSA) is 41.6 Å². The summed E-state index contributed by atoms with van der Waals surface area (Å²) in [5.41, 5.74) is 0. The van der Waals surface area contributed by atoms with Gasteiger partial charge in [-0.05, 0) is 25.7 Å². The second-order valence-corrected chi connectivity index (χ2v) is 5.14. The van der Waals surface area contributed by atoms with Crippen molar-refractivity contribution in [2.75, 3.05) is 13.8 Å². The second kappa shape index (κ2) is 5.83. The van der Waals surface area contributed by atoms with Crippen LogP contribution in [0.1, 0.15) is 45.4 Å². The molecule has 0 radical (unpaired) electrons. The zero-order chi connectivity index (χ0) is 12.3. The van der Waals surface area contributed by atoms with Crippen LogP contribution in [-0.2, 0) is 9.53 Å². The first-order chi connectivity index (χ1) is 8.27. The minimum absolute atomic E-state index is 0.0491. The van der Waals surface area contributed by atoms with Gasteiger partial charge in [-0.1, -0.05) is 19.8 Å². The molecule has 17 heavy (non-hydrogen) atoms. The number of rotatable bonds is 5. The van der Waals surface area contributed by atoms with E-state index < -0.39 is 0 Å². The number of carbonyl (C=O) groups excluding carboxylic acids is 1. The Labute approximate surface area is 104 Å². The Hall–Kier alpha value is -0.610. The molecule has 1 aliphatic carbocycles. The Bertz CT molecular complexity index is 270. The van der Waals surface area contributed by atoms with Crippen LogP contribution in [0.4, 0.5) is 0 Å². The smallest absolute Gasteiger partial charge is 0.241 e. The van der Waals surface area contributed by atoms with Crippen LogP contribution in [0.25, 0.3) is 0 Å². The normalized spacial score (nSPS) is 33.6. The fourth-order valence-electron chi connectivity index (χ4n) is 3.03. The zero-order valence-corrected chi connectivity index (χ0v) is 10.9. The number of hydrogen-bond donors (Lipinski definition) is 1. The molecular weight excluding hydrogens is 216 g/mol. The van der Waals surface area contributed by atoms with Crippen LogP contribution in [0.5, 0.6) is 0 Å². The summed E-state index contributed by atoms with van der Waals surface area (Å²) in [6, 6.07) is 0.347. The number of amides is 1. The van der Waals surface area contributed by atoms with Gasteiger partial charge in [0.2, 0.25) is 5.91 Å². The monoisotopic (exact) mass is 240 g/mol. The standard InChI is InChI=1S/C13H24N2O2/c1-3-4-6-10-13(16)15(9-14-10)11-7-5-8-12(11)17-2/h10-12,14H,3-9H2,1-2H3. The summed E-state index contributed by atoms with van der Waals surface area (Å²) in [5.74, 6) is 0.285. The van der Waals surface area contributed by atoms with Gasteiger partial charge in [0.25, 0.3) is 0 Å². The van der Waals surface area contributed by atoms with E-state index in [0.29, 0.717) is 12.7 Å². The molecule has 98 valence electrons. The number of ether oxygens (including phenoxy) is 1. The third-order valence-corrected chi connectivity index (χ3v) is 4.06. The average molecular weight is 240 g/mol. The lowest BCUT2D eigenvalue weighted by Gasteiger charge is -2.28. The van der Waals surface area contributed by atoms with E-state index in [1.807, 2.05) is 4.90 Å². The number of nitrogens with zero attached hydrogens (tertiary/aromatic N) is 1. The molecule has 2 aliphatic rings. The summed E-state index contributed by atoms with van der Waals surface area (Å²) in [5, 5.41) is 3.33. The molecule has 2 rings (SSSR count). The molecule has 4 heteroatoms. The van der Waals surface area contributed by atoms with E-state index in [1.165, 1.54) is 6.42 Å². The molecule has 3 atom stereocenters. The van der Waals surface area contributed by atoms with Gasteiger partial charge in [-0.25, -0.2) is 0 Å². The van der Waals surface area contributed by atoms with Crippen LogP contribution in [0.3, 0.4) is 0 Å². The van der Waals surface area contributed by atoms with Gasteiger partial charge >= 0.3 is 0 Å². The Morgan fingerprint density at radius 3 is 3.00 bits per heavy atom. The summed E-state index contributed by atoms with van der Waals surface area (Å²) in [4.78, 5) is 14.3. The van der Waals surface area contributed by atoms with E-state index in [9.17, 15) is 4.79 Å². The number of carbonyl (C=O) groups is 1. The highest BCUT2D eigenvalue weighted by Crippen LogP contribution is 2.28. The Kier molecular flexibility index (Phi) is 4.40. The molecule has 1 saturated carbocycles. The van der Waals surface area contributed by atoms with Crippen molar-refractivity contribution >= 4 is 5.91 Å². The van der Waals surface area contributed by atoms with Crippen molar-refractivity contribution in [2.24, 2.45) is 0 Å². The van der Waals surface area contributed by atoms with Crippen LogP contribution in [0, 0.1) is 0 Å². The molecule has 1 heterocycles. The third-order valence-electron chi connectivity index (χ3n) is 4.06. The number of methoxy groups -OCH3 is 1. The lowest BCUT2D eigenvalue weighted by Crippen LogP contribution is -2.43. The number of unbranched alkanes of at least 4 members (excludes halogenated alkanes) is 1. The van der Waals surface area contributed by atoms with E-state index >= 15 is 0 Å². The molecule has 0 spiro atoms. The molecule has 0 aromatic rings. The van der Waals surface area contributed by atoms with Crippen molar-refractivity contribution in [1.82, 2.24) is 10.2 Å². The molecule has 2 fully saturated rings. The van der Waals surface area contributed by atoms with Crippen LogP contribution in [0.2, 0.25) is 0 Å². The molecule has 4 nitrogen and oxygen atoms in total. The minimum Gasteiger partial charge on any atom is -0.379 e. The lowest BCUT2D eigenvalue weighted by molar-refractivity contribution is -0.133. The van der Waals surface area contributed by atoms with Gasteiger partial charge in [-0.15, -0.1) is 0 Å². The van der Waals surface area contributed by atoms with E-state index in [2.05, 4.69) is 12.2 Å². The first-order valence-corrected chi connectivity index (χ1v) is 6.84. The molecule has 3 unspecified atom stereocenters. The quantitative estimate of drug-likeness (QED) is 0.792. The maximum absolute atomic E-state index is 12.3. The maximum Gasteiger partial charge on any atom is 0.241 e. The molecule has 1 saturated heterocycles. The molecule has 0 aromatic carbocycles. The van der Waals surface area contributed by atoms with Gasteiger partial charge in [0, 0.05) is 7.11 Å². The van der Waals surface area contributed by atoms with Gasteiger partial charge in [-0.3, -0.25) is 10.1 Å². The maximum atomic E-state index is 12.3. The largest absolute Gasteiger partial charge is 0.379 e. The summed E-state index contributed by atoms with van der Waals surface area (Å²) in [6.07, 6.45) is 6.83. The molecule has 0 aromatic heterocycles. The summed E-state index contributed by atoms with van der Waals surface area (Å²) < 4.78 is 5.48. The molecule has 1 N–H and O–H groups in total. The highest BCUT2D eigenvalue weighted by atomic mass is 16.5. The van der Waals surface area contributed by atoms with Crippen molar-refractivity contribution in [1.29, 1.82) is 0 Å². The average Bonchev–Trinajstić information content (AvgIpc) is 2.93. The molecular formula is C13H24N2O2. The fourth-order valence-corrected chi connectivity index (χ4v) is 3.03. The van der Waals surface area contributed by atoms with E-state index in [-0.39, 0.29) is 18.1 Å². The van der Waals surface area contributed by atoms with Crippen molar-refractivity contribution in [3.05, 3.63) is 0 Å².